The highest BCUT2D eigenvalue weighted by Gasteiger charge is 2.25. The highest BCUT2D eigenvalue weighted by atomic mass is 16.4. The Hall–Kier alpha value is -1.70. The number of terminal acetylenes is 1. The molecule has 0 saturated heterocycles. The highest BCUT2D eigenvalue weighted by molar-refractivity contribution is 5.73. The Kier molecular flexibility index (Phi) is 6.80. The van der Waals surface area contributed by atoms with Crippen LogP contribution in [0.1, 0.15) is 38.5 Å². The van der Waals surface area contributed by atoms with Gasteiger partial charge in [-0.25, -0.2) is 4.79 Å². The monoisotopic (exact) mass is 266 g/mol. The average Bonchev–Trinajstić information content (AvgIpc) is 2.42. The van der Waals surface area contributed by atoms with E-state index in [1.165, 1.54) is 0 Å². The number of unbranched alkanes of at least 4 members (excludes halogenated alkanes) is 1. The predicted molar refractivity (Wildman–Crippen MR) is 72.6 cm³/mol. The predicted octanol–water partition coefficient (Wildman–Crippen LogP) is 1.59. The molecule has 0 heterocycles. The molecular formula is C14H22N2O3. The number of aliphatic carboxylic acids is 1. The van der Waals surface area contributed by atoms with Crippen LogP contribution in [0.25, 0.3) is 0 Å². The summed E-state index contributed by atoms with van der Waals surface area (Å²) in [6.45, 7) is 1.20. The maximum atomic E-state index is 11.5. The van der Waals surface area contributed by atoms with Gasteiger partial charge < -0.3 is 15.7 Å². The third-order valence-corrected chi connectivity index (χ3v) is 3.53. The maximum Gasteiger partial charge on any atom is 0.314 e. The molecular weight excluding hydrogens is 244 g/mol. The second kappa shape index (κ2) is 8.41. The number of hydrogen-bond donors (Lipinski definition) is 3. The van der Waals surface area contributed by atoms with E-state index < -0.39 is 5.97 Å². The largest absolute Gasteiger partial charge is 0.481 e. The normalized spacial score (nSPS) is 22.3. The minimum atomic E-state index is -0.697. The van der Waals surface area contributed by atoms with E-state index in [0.29, 0.717) is 38.3 Å². The molecule has 1 aliphatic carbocycles. The van der Waals surface area contributed by atoms with Crippen molar-refractivity contribution in [1.29, 1.82) is 0 Å². The quantitative estimate of drug-likeness (QED) is 0.504. The van der Waals surface area contributed by atoms with Crippen LogP contribution in [0.2, 0.25) is 0 Å². The first kappa shape index (κ1) is 15.4. The second-order valence-corrected chi connectivity index (χ2v) is 5.00. The van der Waals surface area contributed by atoms with Crippen LogP contribution in [0.5, 0.6) is 0 Å². The Labute approximate surface area is 114 Å². The van der Waals surface area contributed by atoms with Crippen molar-refractivity contribution in [3.05, 3.63) is 0 Å². The van der Waals surface area contributed by atoms with Gasteiger partial charge in [-0.3, -0.25) is 4.79 Å². The van der Waals surface area contributed by atoms with Crippen LogP contribution < -0.4 is 10.6 Å². The molecule has 5 nitrogen and oxygen atoms in total. The molecule has 0 aromatic carbocycles. The first-order valence-electron chi connectivity index (χ1n) is 6.81. The molecule has 19 heavy (non-hydrogen) atoms. The zero-order valence-corrected chi connectivity index (χ0v) is 11.2. The van der Waals surface area contributed by atoms with Gasteiger partial charge >= 0.3 is 12.0 Å². The molecule has 0 atom stereocenters. The number of nitrogens with one attached hydrogen (secondary N) is 2. The van der Waals surface area contributed by atoms with Crippen LogP contribution in [-0.2, 0) is 4.79 Å². The zero-order chi connectivity index (χ0) is 14.1. The van der Waals surface area contributed by atoms with Crippen LogP contribution in [-0.4, -0.2) is 30.2 Å². The van der Waals surface area contributed by atoms with E-state index in [9.17, 15) is 9.59 Å². The van der Waals surface area contributed by atoms with Crippen LogP contribution in [0, 0.1) is 24.2 Å². The fraction of sp³-hybridized carbons (Fsp3) is 0.714. The maximum absolute atomic E-state index is 11.5. The minimum Gasteiger partial charge on any atom is -0.481 e. The van der Waals surface area contributed by atoms with Crippen molar-refractivity contribution in [2.75, 3.05) is 13.1 Å². The van der Waals surface area contributed by atoms with Crippen molar-refractivity contribution in [3.63, 3.8) is 0 Å². The number of carboxylic acids is 1. The van der Waals surface area contributed by atoms with Gasteiger partial charge in [-0.1, -0.05) is 0 Å². The first-order chi connectivity index (χ1) is 9.13. The SMILES string of the molecule is C#CCCCNC(=O)NCC1CCC(C(=O)O)CC1. The van der Waals surface area contributed by atoms with Crippen LogP contribution in [0.4, 0.5) is 4.79 Å². The molecule has 0 aromatic rings. The molecule has 0 aromatic heterocycles. The lowest BCUT2D eigenvalue weighted by Crippen LogP contribution is -2.39. The van der Waals surface area contributed by atoms with Gasteiger partial charge in [0.2, 0.25) is 0 Å². The summed E-state index contributed by atoms with van der Waals surface area (Å²) in [5.74, 6) is 2.02. The Bertz CT molecular complexity index is 341. The number of urea groups is 1. The smallest absolute Gasteiger partial charge is 0.314 e. The number of carboxylic acid groups (broad SMARTS) is 1. The molecule has 0 bridgehead atoms. The van der Waals surface area contributed by atoms with Crippen molar-refractivity contribution >= 4 is 12.0 Å². The number of hydrogen-bond acceptors (Lipinski definition) is 2. The van der Waals surface area contributed by atoms with Crippen molar-refractivity contribution in [3.8, 4) is 12.3 Å². The van der Waals surface area contributed by atoms with Crippen LogP contribution >= 0.6 is 0 Å². The van der Waals surface area contributed by atoms with E-state index in [-0.39, 0.29) is 11.9 Å². The second-order valence-electron chi connectivity index (χ2n) is 5.00. The number of rotatable bonds is 6. The molecule has 106 valence electrons. The first-order valence-corrected chi connectivity index (χ1v) is 6.81. The molecule has 2 amide bonds. The number of amides is 2. The Balaban J connectivity index is 2.08. The lowest BCUT2D eigenvalue weighted by Gasteiger charge is -2.26. The molecule has 0 unspecified atom stereocenters. The van der Waals surface area contributed by atoms with Gasteiger partial charge in [-0.15, -0.1) is 12.3 Å². The van der Waals surface area contributed by atoms with Gasteiger partial charge in [0, 0.05) is 19.5 Å². The van der Waals surface area contributed by atoms with Gasteiger partial charge in [-0.2, -0.15) is 0 Å². The van der Waals surface area contributed by atoms with Crippen molar-refractivity contribution in [1.82, 2.24) is 10.6 Å². The summed E-state index contributed by atoms with van der Waals surface area (Å²) in [5.41, 5.74) is 0. The molecule has 1 saturated carbocycles. The third-order valence-electron chi connectivity index (χ3n) is 3.53. The molecule has 3 N–H and O–H groups in total. The summed E-state index contributed by atoms with van der Waals surface area (Å²) in [6.07, 6.45) is 9.73. The van der Waals surface area contributed by atoms with Gasteiger partial charge in [0.1, 0.15) is 0 Å². The van der Waals surface area contributed by atoms with Gasteiger partial charge in [-0.05, 0) is 38.0 Å². The van der Waals surface area contributed by atoms with Crippen LogP contribution in [0.3, 0.4) is 0 Å². The summed E-state index contributed by atoms with van der Waals surface area (Å²) in [7, 11) is 0. The molecule has 0 radical (unpaired) electrons. The Morgan fingerprint density at radius 1 is 1.21 bits per heavy atom. The van der Waals surface area contributed by atoms with Crippen molar-refractivity contribution < 1.29 is 14.7 Å². The molecule has 1 fully saturated rings. The fourth-order valence-corrected chi connectivity index (χ4v) is 2.31. The lowest BCUT2D eigenvalue weighted by atomic mass is 9.82. The lowest BCUT2D eigenvalue weighted by molar-refractivity contribution is -0.143. The fourth-order valence-electron chi connectivity index (χ4n) is 2.31. The molecule has 0 aliphatic heterocycles. The van der Waals surface area contributed by atoms with Crippen LogP contribution in [0.15, 0.2) is 0 Å². The summed E-state index contributed by atoms with van der Waals surface area (Å²) in [6, 6.07) is -0.169. The molecule has 1 rings (SSSR count). The minimum absolute atomic E-state index is 0.169. The molecule has 0 spiro atoms. The molecule has 1 aliphatic rings. The average molecular weight is 266 g/mol. The van der Waals surface area contributed by atoms with Gasteiger partial charge in [0.05, 0.1) is 5.92 Å². The topological polar surface area (TPSA) is 78.4 Å². The highest BCUT2D eigenvalue weighted by Crippen LogP contribution is 2.28. The summed E-state index contributed by atoms with van der Waals surface area (Å²) < 4.78 is 0. The van der Waals surface area contributed by atoms with Crippen molar-refractivity contribution in [2.24, 2.45) is 11.8 Å². The Morgan fingerprint density at radius 2 is 1.89 bits per heavy atom. The Morgan fingerprint density at radius 3 is 2.47 bits per heavy atom. The van der Waals surface area contributed by atoms with Gasteiger partial charge in [0.25, 0.3) is 0 Å². The van der Waals surface area contributed by atoms with Crippen molar-refractivity contribution in [2.45, 2.75) is 38.5 Å². The molecule has 5 heteroatoms. The van der Waals surface area contributed by atoms with E-state index in [1.807, 2.05) is 0 Å². The van der Waals surface area contributed by atoms with E-state index in [1.54, 1.807) is 0 Å². The summed E-state index contributed by atoms with van der Waals surface area (Å²) in [4.78, 5) is 22.3. The van der Waals surface area contributed by atoms with E-state index in [0.717, 1.165) is 19.3 Å². The third kappa shape index (κ3) is 6.14. The van der Waals surface area contributed by atoms with E-state index >= 15 is 0 Å². The number of carbonyl (C=O) groups is 2. The summed E-state index contributed by atoms with van der Waals surface area (Å²) in [5, 5.41) is 14.5. The van der Waals surface area contributed by atoms with Gasteiger partial charge in [0.15, 0.2) is 0 Å². The number of carbonyl (C=O) groups excluding carboxylic acids is 1. The van der Waals surface area contributed by atoms with E-state index in [4.69, 9.17) is 11.5 Å². The van der Waals surface area contributed by atoms with E-state index in [2.05, 4.69) is 16.6 Å². The summed E-state index contributed by atoms with van der Waals surface area (Å²) >= 11 is 0. The standard InChI is InChI=1S/C14H22N2O3/c1-2-3-4-9-15-14(19)16-10-11-5-7-12(8-6-11)13(17)18/h1,11-12H,3-10H2,(H,17,18)(H2,15,16,19). The zero-order valence-electron chi connectivity index (χ0n) is 11.2.